The van der Waals surface area contributed by atoms with Gasteiger partial charge in [-0.3, -0.25) is 0 Å². The fraction of sp³-hybridized carbons (Fsp3) is 0.231. The standard InChI is InChI=1S/C13H13F3N4S/c1-7-3-4-8(5-9(7)13(14,15)16)18-11-6-10(17)19-12(20-11)21-2/h3-6H,1-2H3,(H3,17,18,19,20). The lowest BCUT2D eigenvalue weighted by atomic mass is 10.1. The fourth-order valence-electron chi connectivity index (χ4n) is 1.75. The number of alkyl halides is 3. The number of nitrogen functional groups attached to an aromatic ring is 1. The molecule has 0 saturated heterocycles. The Bertz CT molecular complexity index is 658. The Morgan fingerprint density at radius 1 is 1.19 bits per heavy atom. The average molecular weight is 314 g/mol. The van der Waals surface area contributed by atoms with E-state index in [2.05, 4.69) is 15.3 Å². The van der Waals surface area contributed by atoms with Crippen molar-refractivity contribution in [2.45, 2.75) is 18.3 Å². The molecule has 8 heteroatoms. The van der Waals surface area contributed by atoms with E-state index in [0.29, 0.717) is 11.0 Å². The molecule has 3 N–H and O–H groups in total. The maximum atomic E-state index is 12.9. The van der Waals surface area contributed by atoms with E-state index in [-0.39, 0.29) is 17.1 Å². The van der Waals surface area contributed by atoms with Crippen molar-refractivity contribution >= 4 is 29.1 Å². The number of rotatable bonds is 3. The topological polar surface area (TPSA) is 63.8 Å². The quantitative estimate of drug-likeness (QED) is 0.665. The maximum Gasteiger partial charge on any atom is 0.416 e. The maximum absolute atomic E-state index is 12.9. The van der Waals surface area contributed by atoms with Crippen LogP contribution < -0.4 is 11.1 Å². The van der Waals surface area contributed by atoms with E-state index in [0.717, 1.165) is 6.07 Å². The van der Waals surface area contributed by atoms with Gasteiger partial charge < -0.3 is 11.1 Å². The molecular formula is C13H13F3N4S. The Balaban J connectivity index is 2.34. The monoisotopic (exact) mass is 314 g/mol. The Hall–Kier alpha value is -1.96. The van der Waals surface area contributed by atoms with Gasteiger partial charge in [0.1, 0.15) is 11.6 Å². The van der Waals surface area contributed by atoms with Crippen LogP contribution in [0.25, 0.3) is 0 Å². The number of benzene rings is 1. The summed E-state index contributed by atoms with van der Waals surface area (Å²) in [5, 5.41) is 3.26. The molecule has 1 aromatic heterocycles. The Morgan fingerprint density at radius 3 is 2.52 bits per heavy atom. The summed E-state index contributed by atoms with van der Waals surface area (Å²) < 4.78 is 38.6. The summed E-state index contributed by atoms with van der Waals surface area (Å²) in [6.07, 6.45) is -2.61. The molecule has 0 aliphatic heterocycles. The van der Waals surface area contributed by atoms with Crippen molar-refractivity contribution in [2.75, 3.05) is 17.3 Å². The second-order valence-corrected chi connectivity index (χ2v) is 5.09. The van der Waals surface area contributed by atoms with Crippen LogP contribution in [0.15, 0.2) is 29.4 Å². The van der Waals surface area contributed by atoms with Gasteiger partial charge in [0.05, 0.1) is 5.56 Å². The smallest absolute Gasteiger partial charge is 0.383 e. The summed E-state index contributed by atoms with van der Waals surface area (Å²) in [6.45, 7) is 1.42. The molecule has 112 valence electrons. The van der Waals surface area contributed by atoms with Crippen LogP contribution in [0.5, 0.6) is 0 Å². The van der Waals surface area contributed by atoms with Crippen LogP contribution in [0.3, 0.4) is 0 Å². The molecule has 21 heavy (non-hydrogen) atoms. The average Bonchev–Trinajstić information content (AvgIpc) is 2.39. The van der Waals surface area contributed by atoms with Crippen molar-refractivity contribution in [3.05, 3.63) is 35.4 Å². The predicted molar refractivity (Wildman–Crippen MR) is 77.7 cm³/mol. The number of nitrogens with one attached hydrogen (secondary N) is 1. The van der Waals surface area contributed by atoms with Crippen LogP contribution in [0.4, 0.5) is 30.5 Å². The number of aromatic nitrogens is 2. The van der Waals surface area contributed by atoms with Gasteiger partial charge in [-0.15, -0.1) is 0 Å². The highest BCUT2D eigenvalue weighted by atomic mass is 32.2. The first-order chi connectivity index (χ1) is 9.79. The van der Waals surface area contributed by atoms with E-state index in [4.69, 9.17) is 5.73 Å². The Kier molecular flexibility index (Phi) is 4.26. The molecule has 1 heterocycles. The Morgan fingerprint density at radius 2 is 1.90 bits per heavy atom. The van der Waals surface area contributed by atoms with Gasteiger partial charge in [-0.1, -0.05) is 17.8 Å². The van der Waals surface area contributed by atoms with E-state index in [1.54, 1.807) is 12.3 Å². The number of aryl methyl sites for hydroxylation is 1. The molecule has 0 bridgehead atoms. The number of hydrogen-bond acceptors (Lipinski definition) is 5. The van der Waals surface area contributed by atoms with Crippen molar-refractivity contribution in [3.8, 4) is 0 Å². The number of nitrogens with zero attached hydrogens (tertiary/aromatic N) is 2. The van der Waals surface area contributed by atoms with E-state index >= 15 is 0 Å². The molecule has 1 aromatic carbocycles. The molecule has 0 amide bonds. The number of anilines is 3. The van der Waals surface area contributed by atoms with Gasteiger partial charge in [-0.25, -0.2) is 9.97 Å². The lowest BCUT2D eigenvalue weighted by Crippen LogP contribution is -2.08. The van der Waals surface area contributed by atoms with Gasteiger partial charge >= 0.3 is 6.18 Å². The van der Waals surface area contributed by atoms with Crippen molar-refractivity contribution < 1.29 is 13.2 Å². The molecule has 0 spiro atoms. The van der Waals surface area contributed by atoms with Crippen LogP contribution in [-0.4, -0.2) is 16.2 Å². The van der Waals surface area contributed by atoms with Crippen molar-refractivity contribution in [3.63, 3.8) is 0 Å². The summed E-state index contributed by atoms with van der Waals surface area (Å²) in [5.41, 5.74) is 5.40. The van der Waals surface area contributed by atoms with Crippen molar-refractivity contribution in [2.24, 2.45) is 0 Å². The fourth-order valence-corrected chi connectivity index (χ4v) is 2.14. The minimum atomic E-state index is -4.39. The van der Waals surface area contributed by atoms with Gasteiger partial charge in [0, 0.05) is 11.8 Å². The lowest BCUT2D eigenvalue weighted by Gasteiger charge is -2.13. The van der Waals surface area contributed by atoms with Gasteiger partial charge in [0.25, 0.3) is 0 Å². The van der Waals surface area contributed by atoms with Crippen LogP contribution >= 0.6 is 11.8 Å². The third kappa shape index (κ3) is 3.78. The second kappa shape index (κ2) is 5.80. The first kappa shape index (κ1) is 15.4. The van der Waals surface area contributed by atoms with Crippen LogP contribution in [0, 0.1) is 6.92 Å². The van der Waals surface area contributed by atoms with Crippen LogP contribution in [0.2, 0.25) is 0 Å². The highest BCUT2D eigenvalue weighted by molar-refractivity contribution is 7.98. The van der Waals surface area contributed by atoms with Crippen molar-refractivity contribution in [1.29, 1.82) is 0 Å². The molecule has 0 aliphatic carbocycles. The number of nitrogens with two attached hydrogens (primary N) is 1. The zero-order valence-corrected chi connectivity index (χ0v) is 12.1. The van der Waals surface area contributed by atoms with E-state index in [1.807, 2.05) is 0 Å². The summed E-state index contributed by atoms with van der Waals surface area (Å²) in [5.74, 6) is 0.601. The Labute approximate surface area is 124 Å². The lowest BCUT2D eigenvalue weighted by molar-refractivity contribution is -0.138. The summed E-state index contributed by atoms with van der Waals surface area (Å²) >= 11 is 1.30. The van der Waals surface area contributed by atoms with Gasteiger partial charge in [0.15, 0.2) is 5.16 Å². The third-order valence-electron chi connectivity index (χ3n) is 2.72. The molecule has 0 fully saturated rings. The zero-order valence-electron chi connectivity index (χ0n) is 11.3. The van der Waals surface area contributed by atoms with E-state index < -0.39 is 11.7 Å². The molecular weight excluding hydrogens is 301 g/mol. The normalized spacial score (nSPS) is 11.5. The second-order valence-electron chi connectivity index (χ2n) is 4.32. The number of halogens is 3. The third-order valence-corrected chi connectivity index (χ3v) is 3.27. The number of hydrogen-bond donors (Lipinski definition) is 2. The highest BCUT2D eigenvalue weighted by Crippen LogP contribution is 2.34. The van der Waals surface area contributed by atoms with Gasteiger partial charge in [-0.2, -0.15) is 13.2 Å². The van der Waals surface area contributed by atoms with Gasteiger partial charge in [-0.05, 0) is 30.9 Å². The zero-order chi connectivity index (χ0) is 15.6. The first-order valence-electron chi connectivity index (χ1n) is 5.93. The molecule has 0 unspecified atom stereocenters. The number of thioether (sulfide) groups is 1. The minimum absolute atomic E-state index is 0.167. The summed E-state index contributed by atoms with van der Waals surface area (Å²) in [7, 11) is 0. The summed E-state index contributed by atoms with van der Waals surface area (Å²) in [6, 6.07) is 5.48. The molecule has 0 saturated carbocycles. The predicted octanol–water partition coefficient (Wildman–Crippen LogP) is 3.85. The van der Waals surface area contributed by atoms with Gasteiger partial charge in [0.2, 0.25) is 0 Å². The minimum Gasteiger partial charge on any atom is -0.383 e. The molecule has 0 radical (unpaired) electrons. The first-order valence-corrected chi connectivity index (χ1v) is 7.15. The SMILES string of the molecule is CSc1nc(N)cc(Nc2ccc(C)c(C(F)(F)F)c2)n1. The van der Waals surface area contributed by atoms with E-state index in [9.17, 15) is 13.2 Å². The largest absolute Gasteiger partial charge is 0.416 e. The molecule has 0 aliphatic rings. The van der Waals surface area contributed by atoms with Crippen molar-refractivity contribution in [1.82, 2.24) is 9.97 Å². The highest BCUT2D eigenvalue weighted by Gasteiger charge is 2.32. The summed E-state index contributed by atoms with van der Waals surface area (Å²) in [4.78, 5) is 8.12. The molecule has 4 nitrogen and oxygen atoms in total. The van der Waals surface area contributed by atoms with E-state index in [1.165, 1.54) is 30.8 Å². The molecule has 0 atom stereocenters. The molecule has 2 aromatic rings. The van der Waals surface area contributed by atoms with Crippen LogP contribution in [0.1, 0.15) is 11.1 Å². The van der Waals surface area contributed by atoms with Crippen LogP contribution in [-0.2, 0) is 6.18 Å². The molecule has 2 rings (SSSR count).